The zero-order chi connectivity index (χ0) is 10.6. The van der Waals surface area contributed by atoms with E-state index < -0.39 is 0 Å². The smallest absolute Gasteiger partial charge is 0.271 e. The van der Waals surface area contributed by atoms with Gasteiger partial charge in [-0.25, -0.2) is 9.97 Å². The topological polar surface area (TPSA) is 54.9 Å². The van der Waals surface area contributed by atoms with E-state index in [0.717, 1.165) is 0 Å². The van der Waals surface area contributed by atoms with Crippen LogP contribution in [0.3, 0.4) is 0 Å². The van der Waals surface area contributed by atoms with Crippen LogP contribution in [0.1, 0.15) is 24.3 Å². The molecule has 0 bridgehead atoms. The van der Waals surface area contributed by atoms with E-state index in [1.165, 1.54) is 12.4 Å². The average molecular weight is 258 g/mol. The highest BCUT2D eigenvalue weighted by Crippen LogP contribution is 2.02. The van der Waals surface area contributed by atoms with Gasteiger partial charge in [0.15, 0.2) is 0 Å². The molecule has 0 spiro atoms. The van der Waals surface area contributed by atoms with E-state index >= 15 is 0 Å². The minimum absolute atomic E-state index is 0.182. The summed E-state index contributed by atoms with van der Waals surface area (Å²) in [6.07, 6.45) is 2.95. The summed E-state index contributed by atoms with van der Waals surface area (Å²) in [5, 5.41) is 2.76. The molecule has 4 nitrogen and oxygen atoms in total. The van der Waals surface area contributed by atoms with E-state index in [-0.39, 0.29) is 5.91 Å². The summed E-state index contributed by atoms with van der Waals surface area (Å²) in [4.78, 5) is 19.3. The zero-order valence-electron chi connectivity index (χ0n) is 8.12. The van der Waals surface area contributed by atoms with Crippen LogP contribution < -0.4 is 5.32 Å². The molecule has 0 aliphatic heterocycles. The van der Waals surface area contributed by atoms with Crippen molar-refractivity contribution in [2.24, 2.45) is 5.92 Å². The van der Waals surface area contributed by atoms with E-state index in [2.05, 4.69) is 31.2 Å². The van der Waals surface area contributed by atoms with Crippen LogP contribution in [-0.2, 0) is 0 Å². The third-order valence-corrected chi connectivity index (χ3v) is 1.93. The lowest BCUT2D eigenvalue weighted by Gasteiger charge is -2.06. The first-order valence-corrected chi connectivity index (χ1v) is 5.14. The molecule has 0 saturated heterocycles. The Morgan fingerprint density at radius 1 is 1.50 bits per heavy atom. The zero-order valence-corrected chi connectivity index (χ0v) is 9.71. The summed E-state index contributed by atoms with van der Waals surface area (Å²) in [5.41, 5.74) is 0.342. The summed E-state index contributed by atoms with van der Waals surface area (Å²) in [6.45, 7) is 4.72. The van der Waals surface area contributed by atoms with Crippen LogP contribution in [-0.4, -0.2) is 22.4 Å². The van der Waals surface area contributed by atoms with Crippen molar-refractivity contribution < 1.29 is 4.79 Å². The molecule has 0 atom stereocenters. The number of carbonyl (C=O) groups excluding carboxylic acids is 1. The fraction of sp³-hybridized carbons (Fsp3) is 0.444. The van der Waals surface area contributed by atoms with Gasteiger partial charge in [-0.2, -0.15) is 0 Å². The van der Waals surface area contributed by atoms with Crippen molar-refractivity contribution in [1.82, 2.24) is 15.3 Å². The van der Waals surface area contributed by atoms with Crippen molar-refractivity contribution in [1.29, 1.82) is 0 Å². The van der Waals surface area contributed by atoms with E-state index in [0.29, 0.717) is 22.8 Å². The summed E-state index contributed by atoms with van der Waals surface area (Å²) >= 11 is 3.15. The van der Waals surface area contributed by atoms with Crippen LogP contribution in [0, 0.1) is 5.92 Å². The lowest BCUT2D eigenvalue weighted by atomic mass is 10.2. The first kappa shape index (κ1) is 11.1. The summed E-state index contributed by atoms with van der Waals surface area (Å²) in [7, 11) is 0. The Morgan fingerprint density at radius 2 is 2.21 bits per heavy atom. The summed E-state index contributed by atoms with van der Waals surface area (Å²) in [6, 6.07) is 0. The van der Waals surface area contributed by atoms with Crippen LogP contribution >= 0.6 is 15.9 Å². The Labute approximate surface area is 91.3 Å². The van der Waals surface area contributed by atoms with Crippen molar-refractivity contribution >= 4 is 21.8 Å². The molecule has 1 aromatic rings. The molecule has 5 heteroatoms. The molecule has 1 amide bonds. The highest BCUT2D eigenvalue weighted by molar-refractivity contribution is 9.10. The molecule has 1 aromatic heterocycles. The Hall–Kier alpha value is -0.970. The van der Waals surface area contributed by atoms with E-state index in [1.54, 1.807) is 0 Å². The highest BCUT2D eigenvalue weighted by Gasteiger charge is 2.07. The Bertz CT molecular complexity index is 310. The quantitative estimate of drug-likeness (QED) is 0.896. The van der Waals surface area contributed by atoms with Crippen LogP contribution in [0.5, 0.6) is 0 Å². The summed E-state index contributed by atoms with van der Waals surface area (Å²) in [5.74, 6) is 0.251. The van der Waals surface area contributed by atoms with Gasteiger partial charge in [-0.15, -0.1) is 0 Å². The van der Waals surface area contributed by atoms with Crippen molar-refractivity contribution in [3.8, 4) is 0 Å². The number of rotatable bonds is 3. The molecule has 0 aliphatic carbocycles. The SMILES string of the molecule is CC(C)CNC(=O)c1cnc(Br)cn1. The molecule has 0 aromatic carbocycles. The predicted molar refractivity (Wildman–Crippen MR) is 56.9 cm³/mol. The first-order valence-electron chi connectivity index (χ1n) is 4.35. The predicted octanol–water partition coefficient (Wildman–Crippen LogP) is 1.62. The monoisotopic (exact) mass is 257 g/mol. The normalized spacial score (nSPS) is 10.3. The number of carbonyl (C=O) groups is 1. The fourth-order valence-electron chi connectivity index (χ4n) is 0.817. The van der Waals surface area contributed by atoms with Crippen molar-refractivity contribution in [3.63, 3.8) is 0 Å². The number of nitrogens with zero attached hydrogens (tertiary/aromatic N) is 2. The molecular formula is C9H12BrN3O. The van der Waals surface area contributed by atoms with Crippen molar-refractivity contribution in [2.45, 2.75) is 13.8 Å². The van der Waals surface area contributed by atoms with Crippen molar-refractivity contribution in [2.75, 3.05) is 6.54 Å². The minimum atomic E-state index is -0.182. The van der Waals surface area contributed by atoms with Crippen LogP contribution in [0.15, 0.2) is 17.0 Å². The second-order valence-corrected chi connectivity index (χ2v) is 4.14. The largest absolute Gasteiger partial charge is 0.350 e. The summed E-state index contributed by atoms with van der Waals surface area (Å²) < 4.78 is 0.623. The van der Waals surface area contributed by atoms with E-state index in [1.807, 2.05) is 13.8 Å². The molecule has 14 heavy (non-hydrogen) atoms. The van der Waals surface area contributed by atoms with Gasteiger partial charge in [0.05, 0.1) is 12.4 Å². The lowest BCUT2D eigenvalue weighted by Crippen LogP contribution is -2.28. The van der Waals surface area contributed by atoms with Crippen LogP contribution in [0.4, 0.5) is 0 Å². The second kappa shape index (κ2) is 5.05. The van der Waals surface area contributed by atoms with Gasteiger partial charge in [0.2, 0.25) is 0 Å². The fourth-order valence-corrected chi connectivity index (χ4v) is 1.02. The van der Waals surface area contributed by atoms with E-state index in [9.17, 15) is 4.79 Å². The molecule has 76 valence electrons. The van der Waals surface area contributed by atoms with Crippen molar-refractivity contribution in [3.05, 3.63) is 22.7 Å². The van der Waals surface area contributed by atoms with Gasteiger partial charge in [0.25, 0.3) is 5.91 Å². The molecule has 1 rings (SSSR count). The Morgan fingerprint density at radius 3 is 2.71 bits per heavy atom. The number of hydrogen-bond acceptors (Lipinski definition) is 3. The molecule has 1 N–H and O–H groups in total. The lowest BCUT2D eigenvalue weighted by molar-refractivity contribution is 0.0943. The number of amides is 1. The van der Waals surface area contributed by atoms with Gasteiger partial charge in [-0.05, 0) is 21.8 Å². The van der Waals surface area contributed by atoms with Gasteiger partial charge in [0.1, 0.15) is 10.3 Å². The maximum atomic E-state index is 11.4. The van der Waals surface area contributed by atoms with Gasteiger partial charge in [-0.1, -0.05) is 13.8 Å². The highest BCUT2D eigenvalue weighted by atomic mass is 79.9. The number of aromatic nitrogens is 2. The molecule has 0 saturated carbocycles. The maximum absolute atomic E-state index is 11.4. The first-order chi connectivity index (χ1) is 6.59. The molecular weight excluding hydrogens is 246 g/mol. The molecule has 1 heterocycles. The molecule has 0 fully saturated rings. The van der Waals surface area contributed by atoms with Gasteiger partial charge in [-0.3, -0.25) is 4.79 Å². The second-order valence-electron chi connectivity index (χ2n) is 3.33. The van der Waals surface area contributed by atoms with Gasteiger partial charge < -0.3 is 5.32 Å². The molecule has 0 aliphatic rings. The van der Waals surface area contributed by atoms with Gasteiger partial charge in [0, 0.05) is 6.54 Å². The van der Waals surface area contributed by atoms with Crippen LogP contribution in [0.2, 0.25) is 0 Å². The molecule has 0 unspecified atom stereocenters. The van der Waals surface area contributed by atoms with Gasteiger partial charge >= 0.3 is 0 Å². The standard InChI is InChI=1S/C9H12BrN3O/c1-6(2)3-13-9(14)7-4-12-8(10)5-11-7/h4-6H,3H2,1-2H3,(H,13,14). The van der Waals surface area contributed by atoms with E-state index in [4.69, 9.17) is 0 Å². The Balaban J connectivity index is 2.57. The number of halogens is 1. The minimum Gasteiger partial charge on any atom is -0.350 e. The van der Waals surface area contributed by atoms with Crippen LogP contribution in [0.25, 0.3) is 0 Å². The number of nitrogens with one attached hydrogen (secondary N) is 1. The number of hydrogen-bond donors (Lipinski definition) is 1. The maximum Gasteiger partial charge on any atom is 0.271 e. The average Bonchev–Trinajstić information content (AvgIpc) is 2.15. The Kier molecular flexibility index (Phi) is 4.00. The third-order valence-electron chi connectivity index (χ3n) is 1.52. The third kappa shape index (κ3) is 3.41. The molecule has 0 radical (unpaired) electrons.